The zero-order chi connectivity index (χ0) is 36.0. The molecule has 0 amide bonds. The van der Waals surface area contributed by atoms with Crippen LogP contribution in [-0.4, -0.2) is 14.5 Å². The monoisotopic (exact) mass is 735 g/mol. The Hall–Kier alpha value is -6.66. The van der Waals surface area contributed by atoms with Gasteiger partial charge in [0, 0.05) is 53.1 Å². The molecule has 0 N–H and O–H groups in total. The van der Waals surface area contributed by atoms with Crippen molar-refractivity contribution in [3.05, 3.63) is 176 Å². The highest BCUT2D eigenvalue weighted by molar-refractivity contribution is 7.27. The van der Waals surface area contributed by atoms with E-state index in [2.05, 4.69) is 162 Å². The van der Waals surface area contributed by atoms with Crippen molar-refractivity contribution in [3.63, 3.8) is 0 Å². The number of hydrogen-bond acceptors (Lipinski definition) is 4. The zero-order valence-corrected chi connectivity index (χ0v) is 31.0. The Bertz CT molecular complexity index is 3460. The first-order valence-corrected chi connectivity index (χ1v) is 20.1. The summed E-state index contributed by atoms with van der Waals surface area (Å²) < 4.78 is 7.47. The molecule has 4 aromatic heterocycles. The van der Waals surface area contributed by atoms with Crippen LogP contribution in [0.3, 0.4) is 0 Å². The van der Waals surface area contributed by atoms with Gasteiger partial charge in [-0.1, -0.05) is 146 Å². The molecule has 3 nitrogen and oxygen atoms in total. The van der Waals surface area contributed by atoms with Gasteiger partial charge in [0.25, 0.3) is 0 Å². The lowest BCUT2D eigenvalue weighted by molar-refractivity contribution is 1.19. The number of para-hydroxylation sites is 1. The fourth-order valence-corrected chi connectivity index (χ4v) is 10.9. The van der Waals surface area contributed by atoms with Crippen LogP contribution >= 0.6 is 22.7 Å². The second-order valence-corrected chi connectivity index (χ2v) is 16.2. The van der Waals surface area contributed by atoms with Gasteiger partial charge >= 0.3 is 0 Å². The van der Waals surface area contributed by atoms with E-state index >= 15 is 0 Å². The molecule has 12 rings (SSSR count). The first-order chi connectivity index (χ1) is 27.3. The maximum absolute atomic E-state index is 5.18. The molecule has 0 bridgehead atoms. The van der Waals surface area contributed by atoms with Crippen molar-refractivity contribution in [1.29, 1.82) is 0 Å². The standard InChI is InChI=1S/C50H29N3S2/c1-2-12-33(13-3-1)50-51-45(49-46(52-50)39-18-8-11-21-42(39)55-49)32-24-22-30(23-25-32)31-26-28-34(29-27-31)53-40-19-9-6-16-37(40)43-35-14-4-5-15-36(35)44-38-17-7-10-20-41(38)54-48(44)47(43)53/h1-29H. The van der Waals surface area contributed by atoms with E-state index in [1.165, 1.54) is 74.0 Å². The molecule has 0 fully saturated rings. The summed E-state index contributed by atoms with van der Waals surface area (Å²) in [5.41, 5.74) is 10.1. The fraction of sp³-hybridized carbons (Fsp3) is 0. The van der Waals surface area contributed by atoms with Crippen LogP contribution in [0.15, 0.2) is 176 Å². The first-order valence-electron chi connectivity index (χ1n) is 18.5. The molecule has 0 atom stereocenters. The third-order valence-electron chi connectivity index (χ3n) is 11.0. The van der Waals surface area contributed by atoms with Crippen LogP contribution in [0.4, 0.5) is 0 Å². The third-order valence-corrected chi connectivity index (χ3v) is 13.4. The SMILES string of the molecule is c1ccc(-c2nc(-c3ccc(-c4ccc(-n5c6ccccc6c6c7ccccc7c7c8ccccc8sc7c65)cc4)cc3)c3sc4ccccc4c3n2)cc1. The molecule has 0 aliphatic rings. The largest absolute Gasteiger partial charge is 0.308 e. The average molecular weight is 736 g/mol. The molecule has 0 radical (unpaired) electrons. The van der Waals surface area contributed by atoms with Gasteiger partial charge in [0.2, 0.25) is 0 Å². The number of benzene rings is 8. The maximum Gasteiger partial charge on any atom is 0.160 e. The summed E-state index contributed by atoms with van der Waals surface area (Å²) in [7, 11) is 0. The van der Waals surface area contributed by atoms with Crippen LogP contribution in [0, 0.1) is 0 Å². The number of thiophene rings is 2. The Balaban J connectivity index is 0.996. The average Bonchev–Trinajstić information content (AvgIpc) is 3.94. The van der Waals surface area contributed by atoms with E-state index in [1.54, 1.807) is 11.3 Å². The molecule has 5 heteroatoms. The zero-order valence-electron chi connectivity index (χ0n) is 29.4. The molecule has 0 unspecified atom stereocenters. The van der Waals surface area contributed by atoms with Gasteiger partial charge in [0.1, 0.15) is 0 Å². The van der Waals surface area contributed by atoms with Crippen molar-refractivity contribution in [1.82, 2.24) is 14.5 Å². The van der Waals surface area contributed by atoms with Crippen molar-refractivity contribution < 1.29 is 0 Å². The van der Waals surface area contributed by atoms with E-state index in [9.17, 15) is 0 Å². The number of aromatic nitrogens is 3. The van der Waals surface area contributed by atoms with Gasteiger partial charge in [0.05, 0.1) is 31.6 Å². The molecule has 256 valence electrons. The number of hydrogen-bond donors (Lipinski definition) is 0. The minimum atomic E-state index is 0.747. The highest BCUT2D eigenvalue weighted by Gasteiger charge is 2.22. The van der Waals surface area contributed by atoms with Crippen LogP contribution in [0.5, 0.6) is 0 Å². The Morgan fingerprint density at radius 3 is 1.67 bits per heavy atom. The van der Waals surface area contributed by atoms with Crippen LogP contribution in [0.1, 0.15) is 0 Å². The topological polar surface area (TPSA) is 30.7 Å². The van der Waals surface area contributed by atoms with E-state index in [1.807, 2.05) is 29.5 Å². The Morgan fingerprint density at radius 2 is 0.927 bits per heavy atom. The van der Waals surface area contributed by atoms with Crippen molar-refractivity contribution in [2.75, 3.05) is 0 Å². The number of fused-ring (bicyclic) bond motifs is 13. The molecule has 8 aromatic carbocycles. The van der Waals surface area contributed by atoms with Gasteiger partial charge in [-0.2, -0.15) is 0 Å². The fourth-order valence-electron chi connectivity index (χ4n) is 8.52. The van der Waals surface area contributed by atoms with E-state index in [-0.39, 0.29) is 0 Å². The van der Waals surface area contributed by atoms with Crippen LogP contribution in [0.2, 0.25) is 0 Å². The van der Waals surface area contributed by atoms with E-state index < -0.39 is 0 Å². The van der Waals surface area contributed by atoms with Crippen LogP contribution in [0.25, 0.3) is 113 Å². The summed E-state index contributed by atoms with van der Waals surface area (Å²) in [4.78, 5) is 10.3. The number of nitrogens with zero attached hydrogens (tertiary/aromatic N) is 3. The highest BCUT2D eigenvalue weighted by Crippen LogP contribution is 2.48. The van der Waals surface area contributed by atoms with E-state index in [0.29, 0.717) is 0 Å². The Kier molecular flexibility index (Phi) is 6.67. The molecule has 0 spiro atoms. The normalized spacial score (nSPS) is 12.0. The molecule has 0 aliphatic carbocycles. The van der Waals surface area contributed by atoms with Gasteiger partial charge < -0.3 is 4.57 Å². The molecule has 4 heterocycles. The summed E-state index contributed by atoms with van der Waals surface area (Å²) in [6.07, 6.45) is 0. The molecule has 0 saturated heterocycles. The Labute approximate surface area is 324 Å². The van der Waals surface area contributed by atoms with Crippen molar-refractivity contribution in [2.24, 2.45) is 0 Å². The van der Waals surface area contributed by atoms with Gasteiger partial charge in [-0.3, -0.25) is 0 Å². The summed E-state index contributed by atoms with van der Waals surface area (Å²) in [5.74, 6) is 0.747. The third kappa shape index (κ3) is 4.61. The molecule has 0 aliphatic heterocycles. The second-order valence-electron chi connectivity index (χ2n) is 14.1. The minimum absolute atomic E-state index is 0.747. The smallest absolute Gasteiger partial charge is 0.160 e. The summed E-state index contributed by atoms with van der Waals surface area (Å²) in [5, 5.41) is 9.05. The highest BCUT2D eigenvalue weighted by atomic mass is 32.1. The van der Waals surface area contributed by atoms with Gasteiger partial charge in [0.15, 0.2) is 5.82 Å². The lowest BCUT2D eigenvalue weighted by Crippen LogP contribution is -1.94. The quantitative estimate of drug-likeness (QED) is 0.180. The predicted octanol–water partition coefficient (Wildman–Crippen LogP) is 14.5. The minimum Gasteiger partial charge on any atom is -0.308 e. The number of rotatable bonds is 4. The maximum atomic E-state index is 5.18. The predicted molar refractivity (Wildman–Crippen MR) is 236 cm³/mol. The second kappa shape index (κ2) is 11.9. The Morgan fingerprint density at radius 1 is 0.382 bits per heavy atom. The van der Waals surface area contributed by atoms with Gasteiger partial charge in [-0.15, -0.1) is 22.7 Å². The lowest BCUT2D eigenvalue weighted by Gasteiger charge is -2.12. The molecule has 0 saturated carbocycles. The van der Waals surface area contributed by atoms with Crippen molar-refractivity contribution in [3.8, 4) is 39.5 Å². The van der Waals surface area contributed by atoms with E-state index in [4.69, 9.17) is 9.97 Å². The van der Waals surface area contributed by atoms with Crippen LogP contribution in [-0.2, 0) is 0 Å². The van der Waals surface area contributed by atoms with Crippen molar-refractivity contribution in [2.45, 2.75) is 0 Å². The lowest BCUT2D eigenvalue weighted by atomic mass is 9.99. The van der Waals surface area contributed by atoms with E-state index in [0.717, 1.165) is 38.5 Å². The summed E-state index contributed by atoms with van der Waals surface area (Å²) in [6.45, 7) is 0. The van der Waals surface area contributed by atoms with Gasteiger partial charge in [-0.05, 0) is 52.2 Å². The molecular formula is C50H29N3S2. The first kappa shape index (κ1) is 30.8. The van der Waals surface area contributed by atoms with Gasteiger partial charge in [-0.25, -0.2) is 9.97 Å². The molecule has 12 aromatic rings. The molecular weight excluding hydrogens is 707 g/mol. The summed E-state index contributed by atoms with van der Waals surface area (Å²) >= 11 is 3.67. The van der Waals surface area contributed by atoms with Crippen molar-refractivity contribution >= 4 is 95.7 Å². The molecule has 55 heavy (non-hydrogen) atoms. The van der Waals surface area contributed by atoms with Crippen LogP contribution < -0.4 is 0 Å². The summed E-state index contributed by atoms with van der Waals surface area (Å²) in [6, 6.07) is 63.4.